The first-order valence-electron chi connectivity index (χ1n) is 9.22. The summed E-state index contributed by atoms with van der Waals surface area (Å²) in [5.41, 5.74) is 2.82. The SMILES string of the molecule is CCN(Cc1ccc(OC)c(F)c1)C(=O)CSc1nncn1-c1ccc(C)cc1. The Balaban J connectivity index is 1.64. The molecule has 0 saturated carbocycles. The summed E-state index contributed by atoms with van der Waals surface area (Å²) in [6, 6.07) is 12.7. The molecule has 6 nitrogen and oxygen atoms in total. The van der Waals surface area contributed by atoms with Gasteiger partial charge in [-0.3, -0.25) is 9.36 Å². The van der Waals surface area contributed by atoms with Gasteiger partial charge >= 0.3 is 0 Å². The van der Waals surface area contributed by atoms with Crippen molar-refractivity contribution in [3.8, 4) is 11.4 Å². The summed E-state index contributed by atoms with van der Waals surface area (Å²) in [4.78, 5) is 14.4. The molecule has 0 atom stereocenters. The number of benzene rings is 2. The molecule has 152 valence electrons. The highest BCUT2D eigenvalue weighted by Gasteiger charge is 2.16. The summed E-state index contributed by atoms with van der Waals surface area (Å²) in [5, 5.41) is 8.75. The molecule has 0 saturated heterocycles. The first-order valence-corrected chi connectivity index (χ1v) is 10.2. The lowest BCUT2D eigenvalue weighted by Crippen LogP contribution is -2.31. The normalized spacial score (nSPS) is 10.8. The summed E-state index contributed by atoms with van der Waals surface area (Å²) in [5.74, 6) is -0.0767. The lowest BCUT2D eigenvalue weighted by molar-refractivity contribution is -0.128. The third kappa shape index (κ3) is 5.14. The third-order valence-electron chi connectivity index (χ3n) is 4.48. The number of amides is 1. The fraction of sp³-hybridized carbons (Fsp3) is 0.286. The number of methoxy groups -OCH3 is 1. The van der Waals surface area contributed by atoms with Gasteiger partial charge < -0.3 is 9.64 Å². The maximum atomic E-state index is 13.9. The second-order valence-corrected chi connectivity index (χ2v) is 7.43. The molecule has 0 bridgehead atoms. The third-order valence-corrected chi connectivity index (χ3v) is 5.41. The lowest BCUT2D eigenvalue weighted by Gasteiger charge is -2.21. The Kier molecular flexibility index (Phi) is 6.87. The Bertz CT molecular complexity index is 975. The summed E-state index contributed by atoms with van der Waals surface area (Å²) >= 11 is 1.33. The molecule has 0 N–H and O–H groups in total. The van der Waals surface area contributed by atoms with Crippen molar-refractivity contribution in [2.75, 3.05) is 19.4 Å². The number of hydrogen-bond donors (Lipinski definition) is 0. The number of nitrogens with zero attached hydrogens (tertiary/aromatic N) is 4. The second-order valence-electron chi connectivity index (χ2n) is 6.48. The van der Waals surface area contributed by atoms with Crippen LogP contribution in [-0.2, 0) is 11.3 Å². The van der Waals surface area contributed by atoms with E-state index in [2.05, 4.69) is 10.2 Å². The minimum atomic E-state index is -0.436. The number of carbonyl (C=O) groups is 1. The molecule has 0 aliphatic heterocycles. The Hall–Kier alpha value is -2.87. The van der Waals surface area contributed by atoms with Crippen molar-refractivity contribution < 1.29 is 13.9 Å². The highest BCUT2D eigenvalue weighted by Crippen LogP contribution is 2.22. The van der Waals surface area contributed by atoms with Crippen LogP contribution < -0.4 is 4.74 Å². The zero-order valence-corrected chi connectivity index (χ0v) is 17.4. The minimum Gasteiger partial charge on any atom is -0.494 e. The van der Waals surface area contributed by atoms with Crippen LogP contribution in [0.3, 0.4) is 0 Å². The summed E-state index contributed by atoms with van der Waals surface area (Å²) in [6.45, 7) is 4.79. The molecule has 0 fully saturated rings. The molecule has 0 aliphatic carbocycles. The van der Waals surface area contributed by atoms with Gasteiger partial charge in [-0.25, -0.2) is 4.39 Å². The van der Waals surface area contributed by atoms with Crippen LogP contribution in [-0.4, -0.2) is 45.0 Å². The highest BCUT2D eigenvalue weighted by molar-refractivity contribution is 7.99. The van der Waals surface area contributed by atoms with Gasteiger partial charge in [0.1, 0.15) is 6.33 Å². The number of carbonyl (C=O) groups excluding carboxylic acids is 1. The Morgan fingerprint density at radius 1 is 1.24 bits per heavy atom. The average Bonchev–Trinajstić information content (AvgIpc) is 3.19. The van der Waals surface area contributed by atoms with E-state index in [1.54, 1.807) is 23.4 Å². The van der Waals surface area contributed by atoms with Crippen LogP contribution in [0, 0.1) is 12.7 Å². The van der Waals surface area contributed by atoms with E-state index in [0.717, 1.165) is 5.69 Å². The zero-order chi connectivity index (χ0) is 20.8. The van der Waals surface area contributed by atoms with Crippen molar-refractivity contribution in [1.82, 2.24) is 19.7 Å². The molecule has 0 aliphatic rings. The maximum absolute atomic E-state index is 13.9. The maximum Gasteiger partial charge on any atom is 0.233 e. The van der Waals surface area contributed by atoms with Crippen molar-refractivity contribution in [3.05, 3.63) is 65.7 Å². The fourth-order valence-electron chi connectivity index (χ4n) is 2.83. The molecule has 8 heteroatoms. The van der Waals surface area contributed by atoms with Crippen LogP contribution in [0.5, 0.6) is 5.75 Å². The summed E-state index contributed by atoms with van der Waals surface area (Å²) in [6.07, 6.45) is 1.63. The summed E-state index contributed by atoms with van der Waals surface area (Å²) in [7, 11) is 1.42. The highest BCUT2D eigenvalue weighted by atomic mass is 32.2. The fourth-order valence-corrected chi connectivity index (χ4v) is 3.66. The molecular weight excluding hydrogens is 391 g/mol. The van der Waals surface area contributed by atoms with Crippen molar-refractivity contribution in [2.24, 2.45) is 0 Å². The first kappa shape index (κ1) is 20.9. The number of thioether (sulfide) groups is 1. The molecule has 0 spiro atoms. The first-order chi connectivity index (χ1) is 14.0. The van der Waals surface area contributed by atoms with Crippen LogP contribution in [0.15, 0.2) is 53.9 Å². The molecule has 0 radical (unpaired) electrons. The van der Waals surface area contributed by atoms with Crippen LogP contribution in [0.2, 0.25) is 0 Å². The molecule has 0 unspecified atom stereocenters. The van der Waals surface area contributed by atoms with Crippen molar-refractivity contribution in [3.63, 3.8) is 0 Å². The predicted molar refractivity (Wildman–Crippen MR) is 111 cm³/mol. The quantitative estimate of drug-likeness (QED) is 0.524. The van der Waals surface area contributed by atoms with Gasteiger partial charge in [0.25, 0.3) is 0 Å². The van der Waals surface area contributed by atoms with Crippen LogP contribution in [0.1, 0.15) is 18.1 Å². The number of rotatable bonds is 8. The van der Waals surface area contributed by atoms with Crippen LogP contribution in [0.4, 0.5) is 4.39 Å². The minimum absolute atomic E-state index is 0.0489. The van der Waals surface area contributed by atoms with Gasteiger partial charge in [0.05, 0.1) is 12.9 Å². The van der Waals surface area contributed by atoms with E-state index in [9.17, 15) is 9.18 Å². The molecule has 3 rings (SSSR count). The van der Waals surface area contributed by atoms with E-state index in [1.807, 2.05) is 42.7 Å². The van der Waals surface area contributed by atoms with Crippen LogP contribution in [0.25, 0.3) is 5.69 Å². The molecule has 3 aromatic rings. The standard InChI is InChI=1S/C21H23FN4O2S/c1-4-25(12-16-7-10-19(28-3)18(22)11-16)20(27)13-29-21-24-23-14-26(21)17-8-5-15(2)6-9-17/h5-11,14H,4,12-13H2,1-3H3. The number of hydrogen-bond acceptors (Lipinski definition) is 5. The monoisotopic (exact) mass is 414 g/mol. The topological polar surface area (TPSA) is 60.2 Å². The smallest absolute Gasteiger partial charge is 0.233 e. The largest absolute Gasteiger partial charge is 0.494 e. The second kappa shape index (κ2) is 9.56. The van der Waals surface area contributed by atoms with Gasteiger partial charge in [-0.15, -0.1) is 10.2 Å². The molecule has 1 aromatic heterocycles. The Morgan fingerprint density at radius 2 is 2.00 bits per heavy atom. The summed E-state index contributed by atoms with van der Waals surface area (Å²) < 4.78 is 20.7. The van der Waals surface area contributed by atoms with E-state index in [4.69, 9.17) is 4.74 Å². The average molecular weight is 415 g/mol. The number of aryl methyl sites for hydroxylation is 1. The van der Waals surface area contributed by atoms with Gasteiger partial charge in [-0.05, 0) is 43.7 Å². The number of ether oxygens (including phenoxy) is 1. The number of halogens is 1. The predicted octanol–water partition coefficient (Wildman–Crippen LogP) is 3.86. The van der Waals surface area contributed by atoms with E-state index in [-0.39, 0.29) is 17.4 Å². The van der Waals surface area contributed by atoms with E-state index in [1.165, 1.54) is 30.5 Å². The van der Waals surface area contributed by atoms with Gasteiger partial charge in [-0.2, -0.15) is 0 Å². The van der Waals surface area contributed by atoms with Crippen molar-refractivity contribution >= 4 is 17.7 Å². The van der Waals surface area contributed by atoms with E-state index in [0.29, 0.717) is 23.8 Å². The lowest BCUT2D eigenvalue weighted by atomic mass is 10.2. The zero-order valence-electron chi connectivity index (χ0n) is 16.6. The molecular formula is C21H23FN4O2S. The molecule has 29 heavy (non-hydrogen) atoms. The van der Waals surface area contributed by atoms with Gasteiger partial charge in [0.2, 0.25) is 5.91 Å². The van der Waals surface area contributed by atoms with Gasteiger partial charge in [0.15, 0.2) is 16.7 Å². The van der Waals surface area contributed by atoms with E-state index < -0.39 is 5.82 Å². The molecule has 1 heterocycles. The molecule has 1 amide bonds. The van der Waals surface area contributed by atoms with E-state index >= 15 is 0 Å². The van der Waals surface area contributed by atoms with Gasteiger partial charge in [0, 0.05) is 18.8 Å². The van der Waals surface area contributed by atoms with Crippen molar-refractivity contribution in [1.29, 1.82) is 0 Å². The Labute approximate surface area is 173 Å². The molecule has 2 aromatic carbocycles. The number of aromatic nitrogens is 3. The Morgan fingerprint density at radius 3 is 2.66 bits per heavy atom. The van der Waals surface area contributed by atoms with Crippen LogP contribution >= 0.6 is 11.8 Å². The van der Waals surface area contributed by atoms with Crippen molar-refractivity contribution in [2.45, 2.75) is 25.5 Å². The van der Waals surface area contributed by atoms with Gasteiger partial charge in [-0.1, -0.05) is 35.5 Å².